The van der Waals surface area contributed by atoms with E-state index in [1.54, 1.807) is 7.11 Å². The Labute approximate surface area is 183 Å². The van der Waals surface area contributed by atoms with Crippen LogP contribution >= 0.6 is 0 Å². The highest BCUT2D eigenvalue weighted by atomic mass is 16.5. The number of benzene rings is 3. The molecule has 0 bridgehead atoms. The number of hydrogen-bond donors (Lipinski definition) is 0. The van der Waals surface area contributed by atoms with E-state index in [1.165, 1.54) is 0 Å². The smallest absolute Gasteiger partial charge is 0.133 e. The van der Waals surface area contributed by atoms with Crippen LogP contribution in [0, 0.1) is 0 Å². The maximum Gasteiger partial charge on any atom is 0.133 e. The standard InChI is InChI=1S/C27H26N2O2/c1-3-8-22-9-4-7-12-26(22)31-20-19-29-25-11-6-5-10-24(25)28-27(29)18-15-21-13-16-23(30-2)17-14-21/h3-7,9-18H,1,8,19-20H2,2H3/b18-15+. The second-order valence-corrected chi connectivity index (χ2v) is 7.17. The van der Waals surface area contributed by atoms with E-state index in [2.05, 4.69) is 29.4 Å². The molecule has 3 aromatic carbocycles. The minimum atomic E-state index is 0.553. The van der Waals surface area contributed by atoms with Gasteiger partial charge in [0, 0.05) is 0 Å². The molecule has 4 rings (SSSR count). The molecular weight excluding hydrogens is 384 g/mol. The van der Waals surface area contributed by atoms with E-state index in [-0.39, 0.29) is 0 Å². The van der Waals surface area contributed by atoms with Gasteiger partial charge in [-0.05, 0) is 54.0 Å². The van der Waals surface area contributed by atoms with Gasteiger partial charge >= 0.3 is 0 Å². The highest BCUT2D eigenvalue weighted by molar-refractivity contribution is 5.79. The molecule has 0 spiro atoms. The van der Waals surface area contributed by atoms with E-state index in [0.717, 1.165) is 45.9 Å². The summed E-state index contributed by atoms with van der Waals surface area (Å²) in [6, 6.07) is 24.3. The molecule has 0 radical (unpaired) electrons. The fraction of sp³-hybridized carbons (Fsp3) is 0.148. The van der Waals surface area contributed by atoms with Crippen LogP contribution < -0.4 is 9.47 Å². The summed E-state index contributed by atoms with van der Waals surface area (Å²) in [5.41, 5.74) is 4.31. The number of allylic oxidation sites excluding steroid dienone is 1. The molecule has 31 heavy (non-hydrogen) atoms. The number of rotatable bonds is 9. The fourth-order valence-electron chi connectivity index (χ4n) is 3.56. The number of para-hydroxylation sites is 3. The average Bonchev–Trinajstić information content (AvgIpc) is 3.17. The lowest BCUT2D eigenvalue weighted by atomic mass is 10.1. The Morgan fingerprint density at radius 2 is 1.71 bits per heavy atom. The Hall–Kier alpha value is -3.79. The van der Waals surface area contributed by atoms with Crippen molar-refractivity contribution in [1.29, 1.82) is 0 Å². The van der Waals surface area contributed by atoms with Gasteiger partial charge in [0.2, 0.25) is 0 Å². The largest absolute Gasteiger partial charge is 0.497 e. The van der Waals surface area contributed by atoms with Gasteiger partial charge in [0.25, 0.3) is 0 Å². The molecule has 0 unspecified atom stereocenters. The van der Waals surface area contributed by atoms with Gasteiger partial charge in [-0.1, -0.05) is 54.6 Å². The number of nitrogens with zero attached hydrogens (tertiary/aromatic N) is 2. The molecular formula is C27H26N2O2. The van der Waals surface area contributed by atoms with Crippen molar-refractivity contribution in [2.45, 2.75) is 13.0 Å². The van der Waals surface area contributed by atoms with Crippen molar-refractivity contribution < 1.29 is 9.47 Å². The summed E-state index contributed by atoms with van der Waals surface area (Å²) in [6.07, 6.45) is 6.80. The van der Waals surface area contributed by atoms with Crippen LogP contribution in [0.5, 0.6) is 11.5 Å². The number of aromatic nitrogens is 2. The van der Waals surface area contributed by atoms with Gasteiger partial charge in [0.15, 0.2) is 0 Å². The van der Waals surface area contributed by atoms with E-state index in [9.17, 15) is 0 Å². The van der Waals surface area contributed by atoms with Gasteiger partial charge < -0.3 is 14.0 Å². The van der Waals surface area contributed by atoms with Crippen LogP contribution in [0.4, 0.5) is 0 Å². The van der Waals surface area contributed by atoms with Gasteiger partial charge in [-0.15, -0.1) is 6.58 Å². The maximum absolute atomic E-state index is 6.12. The Balaban J connectivity index is 1.55. The average molecular weight is 411 g/mol. The first kappa shape index (κ1) is 20.5. The molecule has 0 saturated carbocycles. The second kappa shape index (κ2) is 9.81. The van der Waals surface area contributed by atoms with Crippen LogP contribution in [0.3, 0.4) is 0 Å². The first-order chi connectivity index (χ1) is 15.3. The molecule has 0 fully saturated rings. The molecule has 0 saturated heterocycles. The molecule has 0 N–H and O–H groups in total. The van der Waals surface area contributed by atoms with E-state index < -0.39 is 0 Å². The predicted octanol–water partition coefficient (Wildman–Crippen LogP) is 6.02. The van der Waals surface area contributed by atoms with Crippen molar-refractivity contribution in [3.8, 4) is 11.5 Å². The Kier molecular flexibility index (Phi) is 6.48. The molecule has 0 amide bonds. The zero-order valence-corrected chi connectivity index (χ0v) is 17.7. The second-order valence-electron chi connectivity index (χ2n) is 7.17. The topological polar surface area (TPSA) is 36.3 Å². The lowest BCUT2D eigenvalue weighted by Crippen LogP contribution is -2.10. The van der Waals surface area contributed by atoms with Crippen molar-refractivity contribution in [3.63, 3.8) is 0 Å². The molecule has 1 aromatic heterocycles. The van der Waals surface area contributed by atoms with Crippen LogP contribution in [0.2, 0.25) is 0 Å². The Bertz CT molecular complexity index is 1190. The zero-order chi connectivity index (χ0) is 21.5. The van der Waals surface area contributed by atoms with Gasteiger partial charge in [-0.2, -0.15) is 0 Å². The van der Waals surface area contributed by atoms with Crippen LogP contribution in [0.25, 0.3) is 23.2 Å². The summed E-state index contributed by atoms with van der Waals surface area (Å²) in [6.45, 7) is 5.09. The van der Waals surface area contributed by atoms with Gasteiger partial charge in [0.1, 0.15) is 23.9 Å². The van der Waals surface area contributed by atoms with E-state index in [0.29, 0.717) is 13.2 Å². The first-order valence-corrected chi connectivity index (χ1v) is 10.4. The van der Waals surface area contributed by atoms with E-state index >= 15 is 0 Å². The fourth-order valence-corrected chi connectivity index (χ4v) is 3.56. The van der Waals surface area contributed by atoms with Gasteiger partial charge in [-0.3, -0.25) is 0 Å². The number of imidazole rings is 1. The van der Waals surface area contributed by atoms with Crippen LogP contribution in [0.1, 0.15) is 17.0 Å². The molecule has 4 aromatic rings. The lowest BCUT2D eigenvalue weighted by molar-refractivity contribution is 0.297. The third-order valence-electron chi connectivity index (χ3n) is 5.13. The summed E-state index contributed by atoms with van der Waals surface area (Å²) in [4.78, 5) is 4.82. The molecule has 1 heterocycles. The first-order valence-electron chi connectivity index (χ1n) is 10.4. The summed E-state index contributed by atoms with van der Waals surface area (Å²) in [7, 11) is 1.67. The monoisotopic (exact) mass is 410 g/mol. The van der Waals surface area contributed by atoms with Crippen molar-refractivity contribution in [3.05, 3.63) is 102 Å². The minimum absolute atomic E-state index is 0.553. The van der Waals surface area contributed by atoms with Crippen molar-refractivity contribution >= 4 is 23.2 Å². The summed E-state index contributed by atoms with van der Waals surface area (Å²) < 4.78 is 13.6. The van der Waals surface area contributed by atoms with Crippen molar-refractivity contribution in [2.75, 3.05) is 13.7 Å². The van der Waals surface area contributed by atoms with Gasteiger partial charge in [-0.25, -0.2) is 4.98 Å². The minimum Gasteiger partial charge on any atom is -0.497 e. The molecule has 0 aliphatic rings. The van der Waals surface area contributed by atoms with Crippen LogP contribution in [-0.4, -0.2) is 23.3 Å². The predicted molar refractivity (Wildman–Crippen MR) is 127 cm³/mol. The molecule has 0 atom stereocenters. The lowest BCUT2D eigenvalue weighted by Gasteiger charge is -2.12. The molecule has 4 nitrogen and oxygen atoms in total. The van der Waals surface area contributed by atoms with Crippen molar-refractivity contribution in [1.82, 2.24) is 9.55 Å². The maximum atomic E-state index is 6.12. The van der Waals surface area contributed by atoms with Gasteiger partial charge in [0.05, 0.1) is 24.7 Å². The summed E-state index contributed by atoms with van der Waals surface area (Å²) in [5.74, 6) is 2.65. The highest BCUT2D eigenvalue weighted by Gasteiger charge is 2.09. The Morgan fingerprint density at radius 3 is 2.52 bits per heavy atom. The molecule has 0 aliphatic heterocycles. The quantitative estimate of drug-likeness (QED) is 0.316. The number of methoxy groups -OCH3 is 1. The molecule has 4 heteroatoms. The number of hydrogen-bond acceptors (Lipinski definition) is 3. The third kappa shape index (κ3) is 4.86. The summed E-state index contributed by atoms with van der Waals surface area (Å²) >= 11 is 0. The SMILES string of the molecule is C=CCc1ccccc1OCCn1c(/C=C/c2ccc(OC)cc2)nc2ccccc21. The van der Waals surface area contributed by atoms with E-state index in [1.807, 2.05) is 72.8 Å². The normalized spacial score (nSPS) is 11.1. The molecule has 0 aliphatic carbocycles. The Morgan fingerprint density at radius 1 is 0.935 bits per heavy atom. The number of fused-ring (bicyclic) bond motifs is 1. The molecule has 156 valence electrons. The van der Waals surface area contributed by atoms with Crippen LogP contribution in [0.15, 0.2) is 85.5 Å². The highest BCUT2D eigenvalue weighted by Crippen LogP contribution is 2.21. The zero-order valence-electron chi connectivity index (χ0n) is 17.7. The summed E-state index contributed by atoms with van der Waals surface area (Å²) in [5, 5.41) is 0. The third-order valence-corrected chi connectivity index (χ3v) is 5.13. The van der Waals surface area contributed by atoms with Crippen molar-refractivity contribution in [2.24, 2.45) is 0 Å². The van der Waals surface area contributed by atoms with Crippen LogP contribution in [-0.2, 0) is 13.0 Å². The number of ether oxygens (including phenoxy) is 2. The van der Waals surface area contributed by atoms with E-state index in [4.69, 9.17) is 14.5 Å².